The molecule has 1 fully saturated rings. The zero-order valence-corrected chi connectivity index (χ0v) is 19.0. The van der Waals surface area contributed by atoms with Crippen LogP contribution in [0.1, 0.15) is 24.5 Å². The van der Waals surface area contributed by atoms with Gasteiger partial charge in [-0.25, -0.2) is 0 Å². The lowest BCUT2D eigenvalue weighted by atomic mass is 10.1. The quantitative estimate of drug-likeness (QED) is 0.297. The Morgan fingerprint density at radius 3 is 2.55 bits per heavy atom. The van der Waals surface area contributed by atoms with Crippen LogP contribution in [0.2, 0.25) is 15.1 Å². The fraction of sp³-hybridized carbons (Fsp3) is 0.200. The topological polar surface area (TPSA) is 64.6 Å². The highest BCUT2D eigenvalue weighted by atomic mass is 79.9. The summed E-state index contributed by atoms with van der Waals surface area (Å²) in [5.41, 5.74) is 1.67. The number of benzene rings is 2. The Kier molecular flexibility index (Phi) is 7.11. The van der Waals surface area contributed by atoms with Crippen LogP contribution >= 0.6 is 50.7 Å². The SMILES string of the molecule is CCOc1c(Br)cc(/C=C2\CC(=O)NC2=O)cc1OCc1cc(Cl)cc(Cl)c1Cl. The van der Waals surface area contributed by atoms with Gasteiger partial charge in [-0.15, -0.1) is 0 Å². The second-order valence-electron chi connectivity index (χ2n) is 6.14. The van der Waals surface area contributed by atoms with Gasteiger partial charge in [-0.1, -0.05) is 34.8 Å². The van der Waals surface area contributed by atoms with Crippen molar-refractivity contribution in [2.45, 2.75) is 20.0 Å². The molecule has 29 heavy (non-hydrogen) atoms. The minimum Gasteiger partial charge on any atom is -0.489 e. The Morgan fingerprint density at radius 2 is 1.90 bits per heavy atom. The average molecular weight is 520 g/mol. The smallest absolute Gasteiger partial charge is 0.254 e. The van der Waals surface area contributed by atoms with E-state index in [1.54, 1.807) is 30.3 Å². The maximum atomic E-state index is 11.8. The molecule has 5 nitrogen and oxygen atoms in total. The molecule has 3 rings (SSSR count). The van der Waals surface area contributed by atoms with Crippen LogP contribution in [0.15, 0.2) is 34.3 Å². The van der Waals surface area contributed by atoms with E-state index in [9.17, 15) is 9.59 Å². The van der Waals surface area contributed by atoms with Crippen molar-refractivity contribution in [2.75, 3.05) is 6.61 Å². The van der Waals surface area contributed by atoms with Gasteiger partial charge in [0.2, 0.25) is 5.91 Å². The number of amides is 2. The highest BCUT2D eigenvalue weighted by Crippen LogP contribution is 2.39. The number of rotatable bonds is 6. The first kappa shape index (κ1) is 22.0. The zero-order chi connectivity index (χ0) is 21.1. The molecule has 1 aliphatic heterocycles. The number of nitrogens with one attached hydrogen (secondary N) is 1. The van der Waals surface area contributed by atoms with E-state index in [0.29, 0.717) is 54.3 Å². The predicted octanol–water partition coefficient (Wildman–Crippen LogP) is 5.82. The van der Waals surface area contributed by atoms with Gasteiger partial charge >= 0.3 is 0 Å². The monoisotopic (exact) mass is 517 g/mol. The number of hydrogen-bond donors (Lipinski definition) is 1. The third-order valence-corrected chi connectivity index (χ3v) is 5.66. The molecule has 0 aromatic heterocycles. The third kappa shape index (κ3) is 5.25. The third-order valence-electron chi connectivity index (χ3n) is 4.01. The van der Waals surface area contributed by atoms with E-state index >= 15 is 0 Å². The Bertz CT molecular complexity index is 1020. The highest BCUT2D eigenvalue weighted by molar-refractivity contribution is 9.10. The van der Waals surface area contributed by atoms with Gasteiger partial charge in [-0.05, 0) is 58.8 Å². The molecule has 1 aliphatic rings. The molecule has 0 spiro atoms. The van der Waals surface area contributed by atoms with Gasteiger partial charge in [0.05, 0.1) is 27.5 Å². The van der Waals surface area contributed by atoms with Crippen LogP contribution in [0.5, 0.6) is 11.5 Å². The largest absolute Gasteiger partial charge is 0.489 e. The zero-order valence-electron chi connectivity index (χ0n) is 15.2. The second-order valence-corrected chi connectivity index (χ2v) is 8.21. The van der Waals surface area contributed by atoms with Crippen molar-refractivity contribution in [3.05, 3.63) is 60.5 Å². The van der Waals surface area contributed by atoms with Crippen LogP contribution < -0.4 is 14.8 Å². The van der Waals surface area contributed by atoms with Crippen LogP contribution in [-0.4, -0.2) is 18.4 Å². The molecule has 2 aromatic carbocycles. The molecule has 1 saturated heterocycles. The fourth-order valence-corrected chi connectivity index (χ4v) is 4.03. The first-order chi connectivity index (χ1) is 13.8. The van der Waals surface area contributed by atoms with Crippen LogP contribution in [0, 0.1) is 0 Å². The van der Waals surface area contributed by atoms with Gasteiger partial charge in [0.25, 0.3) is 5.91 Å². The first-order valence-electron chi connectivity index (χ1n) is 8.55. The number of halogens is 4. The van der Waals surface area contributed by atoms with Crippen molar-refractivity contribution in [2.24, 2.45) is 0 Å². The van der Waals surface area contributed by atoms with Gasteiger partial charge in [0.1, 0.15) is 6.61 Å². The maximum absolute atomic E-state index is 11.8. The molecular formula is C20H15BrCl3NO4. The van der Waals surface area contributed by atoms with Gasteiger partial charge < -0.3 is 9.47 Å². The standard InChI is InChI=1S/C20H15BrCl3NO4/c1-2-28-19-14(21)4-10(3-11-7-17(26)25-20(11)27)5-16(19)29-9-12-6-13(22)8-15(23)18(12)24/h3-6,8H,2,7,9H2,1H3,(H,25,26,27)/b11-3+. The van der Waals surface area contributed by atoms with E-state index in [-0.39, 0.29) is 18.9 Å². The van der Waals surface area contributed by atoms with E-state index in [1.165, 1.54) is 0 Å². The fourth-order valence-electron chi connectivity index (χ4n) is 2.76. The summed E-state index contributed by atoms with van der Waals surface area (Å²) in [6.07, 6.45) is 1.67. The van der Waals surface area contributed by atoms with E-state index in [4.69, 9.17) is 44.3 Å². The van der Waals surface area contributed by atoms with Crippen LogP contribution in [-0.2, 0) is 16.2 Å². The Balaban J connectivity index is 1.94. The second kappa shape index (κ2) is 9.39. The van der Waals surface area contributed by atoms with Gasteiger partial charge in [-0.2, -0.15) is 0 Å². The Morgan fingerprint density at radius 1 is 1.14 bits per heavy atom. The number of carbonyl (C=O) groups excluding carboxylic acids is 2. The average Bonchev–Trinajstić information content (AvgIpc) is 2.96. The first-order valence-corrected chi connectivity index (χ1v) is 10.5. The van der Waals surface area contributed by atoms with Crippen molar-refractivity contribution < 1.29 is 19.1 Å². The molecule has 0 radical (unpaired) electrons. The van der Waals surface area contributed by atoms with E-state index < -0.39 is 5.91 Å². The molecule has 0 unspecified atom stereocenters. The molecule has 0 bridgehead atoms. The molecule has 2 aromatic rings. The maximum Gasteiger partial charge on any atom is 0.254 e. The number of imide groups is 1. The Labute approximate surface area is 191 Å². The minimum atomic E-state index is -0.400. The molecule has 1 N–H and O–H groups in total. The molecule has 0 saturated carbocycles. The Hall–Kier alpha value is -1.73. The van der Waals surface area contributed by atoms with Crippen molar-refractivity contribution in [3.63, 3.8) is 0 Å². The van der Waals surface area contributed by atoms with Crippen molar-refractivity contribution in [1.29, 1.82) is 0 Å². The lowest BCUT2D eigenvalue weighted by Gasteiger charge is -2.15. The molecular weight excluding hydrogens is 504 g/mol. The number of carbonyl (C=O) groups is 2. The number of ether oxygens (including phenoxy) is 2. The normalized spacial score (nSPS) is 15.0. The molecule has 152 valence electrons. The lowest BCUT2D eigenvalue weighted by Crippen LogP contribution is -2.19. The number of hydrogen-bond acceptors (Lipinski definition) is 4. The lowest BCUT2D eigenvalue weighted by molar-refractivity contribution is -0.124. The predicted molar refractivity (Wildman–Crippen MR) is 117 cm³/mol. The van der Waals surface area contributed by atoms with E-state index in [2.05, 4.69) is 21.2 Å². The van der Waals surface area contributed by atoms with Crippen molar-refractivity contribution in [3.8, 4) is 11.5 Å². The van der Waals surface area contributed by atoms with Crippen molar-refractivity contribution >= 4 is 68.6 Å². The van der Waals surface area contributed by atoms with Gasteiger partial charge in [0, 0.05) is 16.2 Å². The van der Waals surface area contributed by atoms with E-state index in [0.717, 1.165) is 0 Å². The van der Waals surface area contributed by atoms with Gasteiger partial charge in [0.15, 0.2) is 11.5 Å². The molecule has 2 amide bonds. The van der Waals surface area contributed by atoms with Crippen molar-refractivity contribution in [1.82, 2.24) is 5.32 Å². The van der Waals surface area contributed by atoms with E-state index in [1.807, 2.05) is 6.92 Å². The summed E-state index contributed by atoms with van der Waals surface area (Å²) in [4.78, 5) is 23.2. The van der Waals surface area contributed by atoms with Crippen LogP contribution in [0.4, 0.5) is 0 Å². The molecule has 0 aliphatic carbocycles. The van der Waals surface area contributed by atoms with Crippen LogP contribution in [0.3, 0.4) is 0 Å². The minimum absolute atomic E-state index is 0.0382. The molecule has 1 heterocycles. The highest BCUT2D eigenvalue weighted by Gasteiger charge is 2.24. The summed E-state index contributed by atoms with van der Waals surface area (Å²) >= 11 is 21.8. The summed E-state index contributed by atoms with van der Waals surface area (Å²) in [5.74, 6) is 0.217. The molecule has 0 atom stereocenters. The van der Waals surface area contributed by atoms with Crippen LogP contribution in [0.25, 0.3) is 6.08 Å². The summed E-state index contributed by atoms with van der Waals surface area (Å²) in [6, 6.07) is 6.73. The summed E-state index contributed by atoms with van der Waals surface area (Å²) in [5, 5.41) is 3.39. The summed E-state index contributed by atoms with van der Waals surface area (Å²) < 4.78 is 12.3. The summed E-state index contributed by atoms with van der Waals surface area (Å²) in [7, 11) is 0. The molecule has 9 heteroatoms. The van der Waals surface area contributed by atoms with Gasteiger partial charge in [-0.3, -0.25) is 14.9 Å². The summed E-state index contributed by atoms with van der Waals surface area (Å²) in [6.45, 7) is 2.38.